The molecule has 1 atom stereocenters. The van der Waals surface area contributed by atoms with E-state index in [2.05, 4.69) is 5.32 Å². The second kappa shape index (κ2) is 8.90. The van der Waals surface area contributed by atoms with E-state index in [-0.39, 0.29) is 34.2 Å². The van der Waals surface area contributed by atoms with E-state index in [0.29, 0.717) is 5.56 Å². The summed E-state index contributed by atoms with van der Waals surface area (Å²) in [5.41, 5.74) is 0.192. The van der Waals surface area contributed by atoms with Crippen LogP contribution in [-0.2, 0) is 21.3 Å². The third kappa shape index (κ3) is 5.61. The van der Waals surface area contributed by atoms with Gasteiger partial charge in [-0.2, -0.15) is 0 Å². The summed E-state index contributed by atoms with van der Waals surface area (Å²) in [6.07, 6.45) is 0. The number of ether oxygens (including phenoxy) is 1. The van der Waals surface area contributed by atoms with Crippen LogP contribution < -0.4 is 10.1 Å². The van der Waals surface area contributed by atoms with Crippen LogP contribution in [0.5, 0.6) is 5.75 Å². The van der Waals surface area contributed by atoms with Gasteiger partial charge in [-0.25, -0.2) is 4.79 Å². The number of methoxy groups -OCH3 is 1. The van der Waals surface area contributed by atoms with E-state index >= 15 is 0 Å². The summed E-state index contributed by atoms with van der Waals surface area (Å²) in [6.45, 7) is 0. The monoisotopic (exact) mass is 392 g/mol. The fourth-order valence-corrected chi connectivity index (χ4v) is 3.28. The molecule has 2 rings (SSSR count). The Labute approximate surface area is 156 Å². The minimum atomic E-state index is -1.62. The molecule has 2 aromatic carbocycles. The fourth-order valence-electron chi connectivity index (χ4n) is 2.26. The molecule has 0 spiro atoms. The minimum absolute atomic E-state index is 0.0146. The van der Waals surface area contributed by atoms with Crippen molar-refractivity contribution >= 4 is 34.1 Å². The molecule has 1 amide bonds. The lowest BCUT2D eigenvalue weighted by atomic mass is 10.1. The number of nitro benzene ring substituents is 1. The van der Waals surface area contributed by atoms with Crippen LogP contribution in [0.1, 0.15) is 15.9 Å². The number of carboxylic acids is 1. The number of benzene rings is 2. The van der Waals surface area contributed by atoms with Crippen LogP contribution in [0.4, 0.5) is 11.4 Å². The molecule has 142 valence electrons. The Balaban J connectivity index is 2.03. The predicted molar refractivity (Wildman–Crippen MR) is 98.4 cm³/mol. The molecule has 0 aliphatic heterocycles. The van der Waals surface area contributed by atoms with Crippen molar-refractivity contribution in [2.45, 2.75) is 5.75 Å². The third-order valence-electron chi connectivity index (χ3n) is 3.47. The Hall–Kier alpha value is -3.27. The van der Waals surface area contributed by atoms with E-state index in [4.69, 9.17) is 9.84 Å². The van der Waals surface area contributed by atoms with Crippen molar-refractivity contribution in [3.8, 4) is 5.75 Å². The predicted octanol–water partition coefficient (Wildman–Crippen LogP) is 2.19. The number of nitro groups is 1. The van der Waals surface area contributed by atoms with Crippen LogP contribution in [0, 0.1) is 10.1 Å². The maximum Gasteiger partial charge on any atom is 0.335 e. The van der Waals surface area contributed by atoms with Crippen LogP contribution in [0.15, 0.2) is 42.5 Å². The average molecular weight is 392 g/mol. The van der Waals surface area contributed by atoms with Gasteiger partial charge in [0.15, 0.2) is 0 Å². The molecule has 10 heteroatoms. The van der Waals surface area contributed by atoms with Crippen molar-refractivity contribution in [3.63, 3.8) is 0 Å². The molecular weight excluding hydrogens is 376 g/mol. The number of carbonyl (C=O) groups is 2. The van der Waals surface area contributed by atoms with Crippen LogP contribution in [0.2, 0.25) is 0 Å². The topological polar surface area (TPSA) is 136 Å². The maximum atomic E-state index is 12.2. The zero-order chi connectivity index (χ0) is 20.0. The van der Waals surface area contributed by atoms with E-state index in [1.54, 1.807) is 6.07 Å². The van der Waals surface area contributed by atoms with Gasteiger partial charge >= 0.3 is 5.97 Å². The maximum absolute atomic E-state index is 12.2. The molecule has 9 nitrogen and oxygen atoms in total. The summed E-state index contributed by atoms with van der Waals surface area (Å²) in [6, 6.07) is 9.87. The Bertz CT molecular complexity index is 914. The van der Waals surface area contributed by atoms with Gasteiger partial charge in [0.2, 0.25) is 5.91 Å². The molecule has 0 aliphatic rings. The number of nitrogens with zero attached hydrogens (tertiary/aromatic N) is 1. The number of rotatable bonds is 8. The lowest BCUT2D eigenvalue weighted by molar-refractivity contribution is -0.384. The largest absolute Gasteiger partial charge is 0.496 e. The highest BCUT2D eigenvalue weighted by Crippen LogP contribution is 2.28. The van der Waals surface area contributed by atoms with Gasteiger partial charge in [0.25, 0.3) is 5.69 Å². The van der Waals surface area contributed by atoms with Crippen LogP contribution in [0.25, 0.3) is 0 Å². The summed E-state index contributed by atoms with van der Waals surface area (Å²) in [5.74, 6) is -1.90. The lowest BCUT2D eigenvalue weighted by Crippen LogP contribution is -2.20. The molecule has 2 N–H and O–H groups in total. The summed E-state index contributed by atoms with van der Waals surface area (Å²) < 4.78 is 17.1. The highest BCUT2D eigenvalue weighted by molar-refractivity contribution is 7.84. The van der Waals surface area contributed by atoms with Crippen molar-refractivity contribution in [2.75, 3.05) is 18.2 Å². The van der Waals surface area contributed by atoms with Crippen molar-refractivity contribution in [1.82, 2.24) is 0 Å². The number of amides is 1. The molecule has 0 bridgehead atoms. The smallest absolute Gasteiger partial charge is 0.335 e. The third-order valence-corrected chi connectivity index (χ3v) is 4.71. The summed E-state index contributed by atoms with van der Waals surface area (Å²) >= 11 is 0. The lowest BCUT2D eigenvalue weighted by Gasteiger charge is -2.08. The van der Waals surface area contributed by atoms with E-state index in [9.17, 15) is 23.9 Å². The molecule has 1 unspecified atom stereocenters. The van der Waals surface area contributed by atoms with Gasteiger partial charge in [0.1, 0.15) is 17.2 Å². The van der Waals surface area contributed by atoms with E-state index in [0.717, 1.165) is 0 Å². The average Bonchev–Trinajstić information content (AvgIpc) is 2.61. The standard InChI is InChI=1S/C17H16N2O7S/c1-26-13-5-6-14(15(8-13)19(23)24)18-16(20)10-27(25)9-11-3-2-4-12(7-11)17(21)22/h2-8H,9-10H2,1H3,(H,18,20)(H,21,22). The fraction of sp³-hybridized carbons (Fsp3) is 0.176. The van der Waals surface area contributed by atoms with Gasteiger partial charge in [0.05, 0.1) is 23.7 Å². The molecule has 0 fully saturated rings. The van der Waals surface area contributed by atoms with E-state index in [1.165, 1.54) is 43.5 Å². The van der Waals surface area contributed by atoms with Gasteiger partial charge in [0, 0.05) is 16.6 Å². The first-order valence-corrected chi connectivity index (χ1v) is 9.08. The molecule has 0 radical (unpaired) electrons. The van der Waals surface area contributed by atoms with Crippen molar-refractivity contribution in [1.29, 1.82) is 0 Å². The van der Waals surface area contributed by atoms with Crippen LogP contribution in [0.3, 0.4) is 0 Å². The highest BCUT2D eigenvalue weighted by atomic mass is 32.2. The SMILES string of the molecule is COc1ccc(NC(=O)CS(=O)Cc2cccc(C(=O)O)c2)c([N+](=O)[O-])c1. The Morgan fingerprint density at radius 1 is 1.26 bits per heavy atom. The molecule has 0 saturated carbocycles. The van der Waals surface area contributed by atoms with Gasteiger partial charge < -0.3 is 15.2 Å². The Morgan fingerprint density at radius 3 is 2.63 bits per heavy atom. The number of hydrogen-bond acceptors (Lipinski definition) is 6. The summed E-state index contributed by atoms with van der Waals surface area (Å²) in [4.78, 5) is 33.5. The van der Waals surface area contributed by atoms with Crippen LogP contribution in [-0.4, -0.2) is 39.0 Å². The second-order valence-corrected chi connectivity index (χ2v) is 6.88. The highest BCUT2D eigenvalue weighted by Gasteiger charge is 2.18. The van der Waals surface area contributed by atoms with Gasteiger partial charge in [-0.1, -0.05) is 12.1 Å². The normalized spacial score (nSPS) is 11.4. The molecular formula is C17H16N2O7S. The quantitative estimate of drug-likeness (QED) is 0.519. The molecule has 0 aliphatic carbocycles. The van der Waals surface area contributed by atoms with Crippen molar-refractivity contribution < 1.29 is 28.6 Å². The first kappa shape index (κ1) is 20.0. The number of carboxylic acid groups (broad SMARTS) is 1. The van der Waals surface area contributed by atoms with Gasteiger partial charge in [-0.3, -0.25) is 19.1 Å². The number of hydrogen-bond donors (Lipinski definition) is 2. The first-order chi connectivity index (χ1) is 12.8. The molecule has 0 heterocycles. The Kier molecular flexibility index (Phi) is 6.61. The van der Waals surface area contributed by atoms with Gasteiger partial charge in [-0.05, 0) is 29.8 Å². The molecule has 2 aromatic rings. The number of carbonyl (C=O) groups excluding carboxylic acids is 1. The number of anilines is 1. The molecule has 27 heavy (non-hydrogen) atoms. The number of nitrogens with one attached hydrogen (secondary N) is 1. The summed E-state index contributed by atoms with van der Waals surface area (Å²) in [5, 5.41) is 22.4. The molecule has 0 saturated heterocycles. The zero-order valence-electron chi connectivity index (χ0n) is 14.2. The summed E-state index contributed by atoms with van der Waals surface area (Å²) in [7, 11) is -0.258. The zero-order valence-corrected chi connectivity index (χ0v) is 15.0. The van der Waals surface area contributed by atoms with Crippen molar-refractivity contribution in [2.24, 2.45) is 0 Å². The van der Waals surface area contributed by atoms with E-state index in [1.807, 2.05) is 0 Å². The second-order valence-electron chi connectivity index (χ2n) is 5.42. The first-order valence-electron chi connectivity index (χ1n) is 7.59. The minimum Gasteiger partial charge on any atom is -0.496 e. The Morgan fingerprint density at radius 2 is 2.00 bits per heavy atom. The van der Waals surface area contributed by atoms with Crippen molar-refractivity contribution in [3.05, 3.63) is 63.7 Å². The van der Waals surface area contributed by atoms with Crippen LogP contribution >= 0.6 is 0 Å². The van der Waals surface area contributed by atoms with E-state index < -0.39 is 27.6 Å². The molecule has 0 aromatic heterocycles. The van der Waals surface area contributed by atoms with Gasteiger partial charge in [-0.15, -0.1) is 0 Å². The number of aromatic carboxylic acids is 1.